The topological polar surface area (TPSA) is 44.0 Å². The van der Waals surface area contributed by atoms with Gasteiger partial charge in [-0.25, -0.2) is 4.79 Å². The molecule has 23 heavy (non-hydrogen) atoms. The van der Waals surface area contributed by atoms with Gasteiger partial charge in [0.2, 0.25) is 0 Å². The van der Waals surface area contributed by atoms with Crippen molar-refractivity contribution in [1.29, 1.82) is 0 Å². The zero-order valence-electron chi connectivity index (χ0n) is 13.3. The van der Waals surface area contributed by atoms with Gasteiger partial charge in [-0.2, -0.15) is 13.2 Å². The lowest BCUT2D eigenvalue weighted by molar-refractivity contribution is -0.144. The number of halogens is 3. The largest absolute Gasteiger partial charge is 0.431 e. The number of benzene rings is 1. The van der Waals surface area contributed by atoms with Crippen LogP contribution in [0.1, 0.15) is 27.9 Å². The monoisotopic (exact) mass is 326 g/mol. The number of hydrogen-bond acceptors (Lipinski definition) is 2. The highest BCUT2D eigenvalue weighted by Gasteiger charge is 2.34. The molecule has 0 spiro atoms. The van der Waals surface area contributed by atoms with Crippen LogP contribution in [0.25, 0.3) is 0 Å². The zero-order chi connectivity index (χ0) is 17.5. The van der Waals surface area contributed by atoms with Gasteiger partial charge in [-0.05, 0) is 37.5 Å². The molecular formula is C16H17F3N2O2. The van der Waals surface area contributed by atoms with Gasteiger partial charge in [0.05, 0.1) is 6.54 Å². The molecule has 4 nitrogen and oxygen atoms in total. The average molecular weight is 326 g/mol. The van der Waals surface area contributed by atoms with E-state index in [1.54, 1.807) is 0 Å². The van der Waals surface area contributed by atoms with Gasteiger partial charge in [-0.1, -0.05) is 17.7 Å². The van der Waals surface area contributed by atoms with Crippen LogP contribution in [-0.4, -0.2) is 9.13 Å². The summed E-state index contributed by atoms with van der Waals surface area (Å²) in [4.78, 5) is 24.2. The summed E-state index contributed by atoms with van der Waals surface area (Å²) in [5.74, 6) is 0. The molecule has 0 aliphatic carbocycles. The summed E-state index contributed by atoms with van der Waals surface area (Å²) in [5, 5.41) is 0. The molecule has 0 atom stereocenters. The third-order valence-electron chi connectivity index (χ3n) is 3.85. The smallest absolute Gasteiger partial charge is 0.292 e. The predicted octanol–water partition coefficient (Wildman–Crippen LogP) is 2.54. The first-order chi connectivity index (χ1) is 10.5. The van der Waals surface area contributed by atoms with E-state index in [1.807, 2.05) is 32.9 Å². The fourth-order valence-electron chi connectivity index (χ4n) is 2.71. The van der Waals surface area contributed by atoms with Gasteiger partial charge in [0.15, 0.2) is 0 Å². The van der Waals surface area contributed by atoms with Crippen molar-refractivity contribution < 1.29 is 13.2 Å². The molecule has 0 unspecified atom stereocenters. The average Bonchev–Trinajstić information content (AvgIpc) is 2.39. The van der Waals surface area contributed by atoms with Crippen LogP contribution in [0.3, 0.4) is 0 Å². The van der Waals surface area contributed by atoms with E-state index in [4.69, 9.17) is 0 Å². The van der Waals surface area contributed by atoms with Crippen LogP contribution in [0.2, 0.25) is 0 Å². The van der Waals surface area contributed by atoms with Crippen LogP contribution in [0, 0.1) is 20.8 Å². The molecule has 0 aliphatic rings. The van der Waals surface area contributed by atoms with Crippen molar-refractivity contribution in [2.45, 2.75) is 33.5 Å². The minimum atomic E-state index is -4.75. The molecule has 0 bridgehead atoms. The van der Waals surface area contributed by atoms with Crippen LogP contribution in [-0.2, 0) is 19.8 Å². The number of hydrogen-bond donors (Lipinski definition) is 0. The van der Waals surface area contributed by atoms with E-state index in [-0.39, 0.29) is 6.54 Å². The number of nitrogens with zero attached hydrogens (tertiary/aromatic N) is 2. The Hall–Kier alpha value is -2.31. The highest BCUT2D eigenvalue weighted by atomic mass is 19.4. The molecule has 0 aliphatic heterocycles. The fourth-order valence-corrected chi connectivity index (χ4v) is 2.71. The molecule has 1 aromatic carbocycles. The summed E-state index contributed by atoms with van der Waals surface area (Å²) < 4.78 is 39.8. The van der Waals surface area contributed by atoms with Crippen LogP contribution in [0.15, 0.2) is 27.8 Å². The van der Waals surface area contributed by atoms with E-state index in [1.165, 1.54) is 0 Å². The van der Waals surface area contributed by atoms with E-state index >= 15 is 0 Å². The van der Waals surface area contributed by atoms with Gasteiger partial charge in [-0.3, -0.25) is 13.9 Å². The van der Waals surface area contributed by atoms with Gasteiger partial charge in [0.1, 0.15) is 5.69 Å². The Labute approximate surface area is 130 Å². The number of rotatable bonds is 2. The Morgan fingerprint density at radius 3 is 2.00 bits per heavy atom. The first kappa shape index (κ1) is 17.1. The third-order valence-corrected chi connectivity index (χ3v) is 3.85. The molecule has 7 heteroatoms. The van der Waals surface area contributed by atoms with Crippen molar-refractivity contribution in [3.8, 4) is 0 Å². The molecule has 2 aromatic rings. The minimum Gasteiger partial charge on any atom is -0.292 e. The molecular weight excluding hydrogens is 309 g/mol. The summed E-state index contributed by atoms with van der Waals surface area (Å²) in [6.07, 6.45) is -4.75. The van der Waals surface area contributed by atoms with Gasteiger partial charge >= 0.3 is 11.9 Å². The first-order valence-electron chi connectivity index (χ1n) is 6.97. The zero-order valence-corrected chi connectivity index (χ0v) is 13.3. The van der Waals surface area contributed by atoms with Crippen LogP contribution in [0.4, 0.5) is 13.2 Å². The minimum absolute atomic E-state index is 0.0540. The molecule has 0 amide bonds. The molecule has 2 rings (SSSR count). The standard InChI is InChI=1S/C16H17F3N2O2/c1-9-5-10(2)12(11(3)6-9)8-21-14(22)7-13(16(17,18)19)20(4)15(21)23/h5-7H,8H2,1-4H3. The lowest BCUT2D eigenvalue weighted by atomic mass is 10.00. The highest BCUT2D eigenvalue weighted by Crippen LogP contribution is 2.26. The SMILES string of the molecule is Cc1cc(C)c(Cn2c(=O)cc(C(F)(F)F)n(C)c2=O)c(C)c1. The second-order valence-corrected chi connectivity index (χ2v) is 5.67. The Kier molecular flexibility index (Phi) is 4.24. The maximum atomic E-state index is 12.8. The van der Waals surface area contributed by atoms with E-state index < -0.39 is 23.1 Å². The van der Waals surface area contributed by atoms with E-state index in [2.05, 4.69) is 0 Å². The maximum Gasteiger partial charge on any atom is 0.431 e. The van der Waals surface area contributed by atoms with E-state index in [0.717, 1.165) is 33.9 Å². The molecule has 1 heterocycles. The molecule has 0 saturated heterocycles. The van der Waals surface area contributed by atoms with Gasteiger partial charge < -0.3 is 0 Å². The van der Waals surface area contributed by atoms with Gasteiger partial charge in [0.25, 0.3) is 5.56 Å². The highest BCUT2D eigenvalue weighted by molar-refractivity contribution is 5.37. The van der Waals surface area contributed by atoms with Crippen molar-refractivity contribution in [2.24, 2.45) is 7.05 Å². The summed E-state index contributed by atoms with van der Waals surface area (Å²) in [6, 6.07) is 4.27. The Morgan fingerprint density at radius 2 is 1.52 bits per heavy atom. The van der Waals surface area contributed by atoms with Crippen molar-refractivity contribution in [3.05, 3.63) is 67.0 Å². The second-order valence-electron chi connectivity index (χ2n) is 5.67. The maximum absolute atomic E-state index is 12.8. The molecule has 0 fully saturated rings. The van der Waals surface area contributed by atoms with Crippen LogP contribution in [0.5, 0.6) is 0 Å². The van der Waals surface area contributed by atoms with Crippen molar-refractivity contribution in [1.82, 2.24) is 9.13 Å². The molecule has 1 aromatic heterocycles. The Balaban J connectivity index is 2.62. The summed E-state index contributed by atoms with van der Waals surface area (Å²) >= 11 is 0. The fraction of sp³-hybridized carbons (Fsp3) is 0.375. The summed E-state index contributed by atoms with van der Waals surface area (Å²) in [6.45, 7) is 5.55. The number of aromatic nitrogens is 2. The quantitative estimate of drug-likeness (QED) is 0.851. The number of alkyl halides is 3. The molecule has 0 radical (unpaired) electrons. The first-order valence-corrected chi connectivity index (χ1v) is 6.97. The lowest BCUT2D eigenvalue weighted by Crippen LogP contribution is -2.42. The molecule has 0 N–H and O–H groups in total. The normalized spacial score (nSPS) is 11.8. The van der Waals surface area contributed by atoms with Crippen molar-refractivity contribution >= 4 is 0 Å². The lowest BCUT2D eigenvalue weighted by Gasteiger charge is -2.16. The molecule has 124 valence electrons. The second kappa shape index (κ2) is 5.72. The third kappa shape index (κ3) is 3.23. The predicted molar refractivity (Wildman–Crippen MR) is 80.7 cm³/mol. The van der Waals surface area contributed by atoms with E-state index in [0.29, 0.717) is 10.6 Å². The number of aryl methyl sites for hydroxylation is 3. The van der Waals surface area contributed by atoms with E-state index in [9.17, 15) is 22.8 Å². The van der Waals surface area contributed by atoms with Crippen molar-refractivity contribution in [2.75, 3.05) is 0 Å². The summed E-state index contributed by atoms with van der Waals surface area (Å²) in [5.41, 5.74) is 0.378. The van der Waals surface area contributed by atoms with Gasteiger partial charge in [0, 0.05) is 13.1 Å². The van der Waals surface area contributed by atoms with Crippen LogP contribution < -0.4 is 11.2 Å². The molecule has 0 saturated carbocycles. The van der Waals surface area contributed by atoms with Crippen molar-refractivity contribution in [3.63, 3.8) is 0 Å². The summed E-state index contributed by atoms with van der Waals surface area (Å²) in [7, 11) is 1.01. The van der Waals surface area contributed by atoms with Gasteiger partial charge in [-0.15, -0.1) is 0 Å². The Morgan fingerprint density at radius 1 is 1.00 bits per heavy atom. The van der Waals surface area contributed by atoms with Crippen LogP contribution >= 0.6 is 0 Å². The Bertz CT molecular complexity index is 853.